The molecule has 0 atom stereocenters. The number of thiol groups is 1. The molecular weight excluding hydrogens is 184 g/mol. The molecule has 0 bridgehead atoms. The summed E-state index contributed by atoms with van der Waals surface area (Å²) in [7, 11) is -1.48. The zero-order chi connectivity index (χ0) is 8.20. The maximum atomic E-state index is 10.7. The Hall–Kier alpha value is 0.214. The van der Waals surface area contributed by atoms with Crippen molar-refractivity contribution < 1.29 is 13.3 Å². The second-order valence-corrected chi connectivity index (χ2v) is 7.19. The monoisotopic (exact) mass is 196 g/mol. The molecule has 0 aromatic heterocycles. The number of carbonyl (C=O) groups is 1. The fraction of sp³-hybridized carbons (Fsp3) is 0.750. The Morgan fingerprint density at radius 3 is 2.50 bits per heavy atom. The van der Waals surface area contributed by atoms with E-state index in [1.807, 2.05) is 13.1 Å². The minimum absolute atomic E-state index is 0.126. The Balaban J connectivity index is 3.76. The predicted octanol–water partition coefficient (Wildman–Crippen LogP) is -0.542. The molecular formula is C4H12O3SSi2. The molecule has 10 heavy (non-hydrogen) atoms. The molecule has 0 heterocycles. The van der Waals surface area contributed by atoms with Crippen LogP contribution in [0.3, 0.4) is 0 Å². The zero-order valence-electron chi connectivity index (χ0n) is 6.38. The van der Waals surface area contributed by atoms with E-state index < -0.39 is 8.56 Å². The van der Waals surface area contributed by atoms with Gasteiger partial charge in [0.05, 0.1) is 5.75 Å². The smallest absolute Gasteiger partial charge is 0.384 e. The Bertz CT molecular complexity index is 128. The lowest BCUT2D eigenvalue weighted by molar-refractivity contribution is -0.132. The number of carbonyl (C=O) groups excluding carboxylic acids is 1. The molecule has 0 unspecified atom stereocenters. The second-order valence-electron chi connectivity index (χ2n) is 2.24. The van der Waals surface area contributed by atoms with Crippen LogP contribution in [0.15, 0.2) is 0 Å². The van der Waals surface area contributed by atoms with Gasteiger partial charge in [-0.2, -0.15) is 12.6 Å². The fourth-order valence-electron chi connectivity index (χ4n) is 0.348. The highest BCUT2D eigenvalue weighted by atomic mass is 32.1. The van der Waals surface area contributed by atoms with Crippen molar-refractivity contribution >= 4 is 37.6 Å². The van der Waals surface area contributed by atoms with Crippen LogP contribution in [0.1, 0.15) is 0 Å². The molecule has 60 valence electrons. The molecule has 0 aliphatic carbocycles. The van der Waals surface area contributed by atoms with Gasteiger partial charge in [-0.25, -0.2) is 0 Å². The van der Waals surface area contributed by atoms with Crippen molar-refractivity contribution in [2.24, 2.45) is 0 Å². The summed E-state index contributed by atoms with van der Waals surface area (Å²) in [4.78, 5) is 10.7. The maximum Gasteiger partial charge on any atom is 0.384 e. The molecule has 0 radical (unpaired) electrons. The third-order valence-electron chi connectivity index (χ3n) is 0.980. The van der Waals surface area contributed by atoms with Crippen LogP contribution in [0.25, 0.3) is 0 Å². The minimum Gasteiger partial charge on any atom is -0.495 e. The van der Waals surface area contributed by atoms with Gasteiger partial charge in [0.25, 0.3) is 0 Å². The van der Waals surface area contributed by atoms with Gasteiger partial charge in [-0.05, 0) is 13.1 Å². The molecule has 0 fully saturated rings. The molecule has 0 N–H and O–H groups in total. The van der Waals surface area contributed by atoms with Crippen molar-refractivity contribution in [3.05, 3.63) is 0 Å². The first-order valence-corrected chi connectivity index (χ1v) is 7.16. The largest absolute Gasteiger partial charge is 0.495 e. The summed E-state index contributed by atoms with van der Waals surface area (Å²) >= 11 is 3.77. The van der Waals surface area contributed by atoms with Crippen molar-refractivity contribution in [3.8, 4) is 0 Å². The average Bonchev–Trinajstić information content (AvgIpc) is 1.87. The summed E-state index contributed by atoms with van der Waals surface area (Å²) in [5, 5.41) is 0. The maximum absolute atomic E-state index is 10.7. The van der Waals surface area contributed by atoms with E-state index in [9.17, 15) is 4.79 Å². The summed E-state index contributed by atoms with van der Waals surface area (Å²) < 4.78 is 10.1. The van der Waals surface area contributed by atoms with E-state index >= 15 is 0 Å². The molecule has 0 aliphatic rings. The van der Waals surface area contributed by atoms with E-state index in [0.717, 1.165) is 0 Å². The number of hydrogen-bond acceptors (Lipinski definition) is 4. The normalized spacial score (nSPS) is 11.5. The van der Waals surface area contributed by atoms with Gasteiger partial charge >= 0.3 is 14.5 Å². The highest BCUT2D eigenvalue weighted by Crippen LogP contribution is 2.04. The molecule has 0 saturated carbocycles. The summed E-state index contributed by atoms with van der Waals surface area (Å²) in [6.45, 7) is 3.67. The highest BCUT2D eigenvalue weighted by Gasteiger charge is 2.25. The van der Waals surface area contributed by atoms with Gasteiger partial charge in [0, 0.05) is 0 Å². The molecule has 0 saturated heterocycles. The number of rotatable bonds is 3. The van der Waals surface area contributed by atoms with Crippen LogP contribution >= 0.6 is 12.6 Å². The predicted molar refractivity (Wildman–Crippen MR) is 48.5 cm³/mol. The van der Waals surface area contributed by atoms with Gasteiger partial charge in [-0.3, -0.25) is 4.79 Å². The molecule has 6 heteroatoms. The van der Waals surface area contributed by atoms with E-state index in [2.05, 4.69) is 12.6 Å². The fourth-order valence-corrected chi connectivity index (χ4v) is 1.49. The topological polar surface area (TPSA) is 35.5 Å². The molecule has 0 rings (SSSR count). The van der Waals surface area contributed by atoms with E-state index in [4.69, 9.17) is 8.54 Å². The van der Waals surface area contributed by atoms with Crippen LogP contribution < -0.4 is 0 Å². The number of hydrogen-bond donors (Lipinski definition) is 1. The molecule has 0 amide bonds. The first kappa shape index (κ1) is 10.2. The van der Waals surface area contributed by atoms with Gasteiger partial charge in [0.1, 0.15) is 10.5 Å². The molecule has 3 nitrogen and oxygen atoms in total. The Labute approximate surface area is 70.3 Å². The lowest BCUT2D eigenvalue weighted by atomic mass is 10.8. The average molecular weight is 196 g/mol. The van der Waals surface area contributed by atoms with Gasteiger partial charge in [0.15, 0.2) is 0 Å². The van der Waals surface area contributed by atoms with E-state index in [0.29, 0.717) is 10.5 Å². The van der Waals surface area contributed by atoms with Crippen LogP contribution in [-0.2, 0) is 13.3 Å². The van der Waals surface area contributed by atoms with E-state index in [-0.39, 0.29) is 11.7 Å². The Morgan fingerprint density at radius 2 is 2.20 bits per heavy atom. The Kier molecular flexibility index (Phi) is 4.26. The van der Waals surface area contributed by atoms with Crippen LogP contribution in [0.2, 0.25) is 13.1 Å². The van der Waals surface area contributed by atoms with Crippen LogP contribution in [0, 0.1) is 0 Å². The molecule has 0 spiro atoms. The standard InChI is InChI=1S/C4H12O3SSi2/c1-10(2,7-9)6-4(5)3-8/h8H,3H2,1-2,9H3. The van der Waals surface area contributed by atoms with Crippen LogP contribution in [0.5, 0.6) is 0 Å². The van der Waals surface area contributed by atoms with Crippen molar-refractivity contribution in [1.82, 2.24) is 0 Å². The molecule has 0 aromatic carbocycles. The van der Waals surface area contributed by atoms with Crippen molar-refractivity contribution in [2.45, 2.75) is 13.1 Å². The Morgan fingerprint density at radius 1 is 1.70 bits per heavy atom. The SMILES string of the molecule is C[Si](C)(O[SiH3])OC(=O)CS. The third-order valence-corrected chi connectivity index (χ3v) is 5.89. The van der Waals surface area contributed by atoms with Crippen molar-refractivity contribution in [3.63, 3.8) is 0 Å². The van der Waals surface area contributed by atoms with Crippen molar-refractivity contribution in [2.75, 3.05) is 5.75 Å². The summed E-state index contributed by atoms with van der Waals surface area (Å²) in [6.07, 6.45) is 0. The summed E-state index contributed by atoms with van der Waals surface area (Å²) in [6, 6.07) is 0. The van der Waals surface area contributed by atoms with Gasteiger partial charge < -0.3 is 8.54 Å². The van der Waals surface area contributed by atoms with E-state index in [1.165, 1.54) is 0 Å². The quantitative estimate of drug-likeness (QED) is 0.486. The van der Waals surface area contributed by atoms with Crippen LogP contribution in [0.4, 0.5) is 0 Å². The van der Waals surface area contributed by atoms with Gasteiger partial charge in [-0.15, -0.1) is 0 Å². The first-order valence-electron chi connectivity index (χ1n) is 2.89. The van der Waals surface area contributed by atoms with Gasteiger partial charge in [-0.1, -0.05) is 0 Å². The molecule has 0 aromatic rings. The summed E-state index contributed by atoms with van der Waals surface area (Å²) in [5.41, 5.74) is 0. The zero-order valence-corrected chi connectivity index (χ0v) is 10.3. The van der Waals surface area contributed by atoms with E-state index in [1.54, 1.807) is 0 Å². The first-order chi connectivity index (χ1) is 4.52. The second kappa shape index (κ2) is 4.17. The molecule has 0 aliphatic heterocycles. The third kappa shape index (κ3) is 4.10. The lowest BCUT2D eigenvalue weighted by Crippen LogP contribution is -2.36. The van der Waals surface area contributed by atoms with Crippen molar-refractivity contribution in [1.29, 1.82) is 0 Å². The minimum atomic E-state index is -2.10. The highest BCUT2D eigenvalue weighted by molar-refractivity contribution is 7.81. The lowest BCUT2D eigenvalue weighted by Gasteiger charge is -2.19. The van der Waals surface area contributed by atoms with Crippen LogP contribution in [-0.4, -0.2) is 30.8 Å². The van der Waals surface area contributed by atoms with Gasteiger partial charge in [0.2, 0.25) is 0 Å². The summed E-state index contributed by atoms with van der Waals surface area (Å²) in [5.74, 6) is -0.169.